The molecule has 9 heteroatoms. The molecule has 26 heavy (non-hydrogen) atoms. The third-order valence-corrected chi connectivity index (χ3v) is 3.47. The first-order valence-corrected chi connectivity index (χ1v) is 7.64. The van der Waals surface area contributed by atoms with E-state index >= 15 is 0 Å². The number of nitrogens with two attached hydrogens (primary N) is 1. The summed E-state index contributed by atoms with van der Waals surface area (Å²) in [5.41, 5.74) is 5.64. The molecule has 0 unspecified atom stereocenters. The number of nitrogens with one attached hydrogen (secondary N) is 2. The number of pyridine rings is 1. The van der Waals surface area contributed by atoms with Crippen molar-refractivity contribution >= 4 is 17.2 Å². The number of aliphatic hydroxyl groups is 1. The number of hydrogen-bond acceptors (Lipinski definition) is 6. The first-order chi connectivity index (χ1) is 12.0. The fraction of sp³-hybridized carbons (Fsp3) is 0.294. The fourth-order valence-electron chi connectivity index (χ4n) is 2.35. The van der Waals surface area contributed by atoms with Crippen LogP contribution in [0.3, 0.4) is 0 Å². The monoisotopic (exact) mass is 368 g/mol. The van der Waals surface area contributed by atoms with Gasteiger partial charge in [0.05, 0.1) is 11.3 Å². The minimum absolute atomic E-state index is 0.0646. The number of nitrogens with zero attached hydrogens (tertiary/aromatic N) is 1. The van der Waals surface area contributed by atoms with Crippen LogP contribution in [0.15, 0.2) is 36.5 Å². The van der Waals surface area contributed by atoms with E-state index in [4.69, 9.17) is 11.1 Å². The first kappa shape index (κ1) is 19.7. The van der Waals surface area contributed by atoms with Gasteiger partial charge in [0.15, 0.2) is 0 Å². The molecular formula is C17H19F3N4O2. The molecule has 0 atom stereocenters. The van der Waals surface area contributed by atoms with Gasteiger partial charge in [-0.1, -0.05) is 0 Å². The molecule has 0 spiro atoms. The van der Waals surface area contributed by atoms with E-state index in [0.717, 1.165) is 12.1 Å². The van der Waals surface area contributed by atoms with E-state index < -0.39 is 12.0 Å². The van der Waals surface area contributed by atoms with Gasteiger partial charge in [0, 0.05) is 24.0 Å². The van der Waals surface area contributed by atoms with Crippen molar-refractivity contribution < 1.29 is 23.0 Å². The van der Waals surface area contributed by atoms with Crippen LogP contribution in [-0.4, -0.2) is 28.7 Å². The highest BCUT2D eigenvalue weighted by atomic mass is 19.4. The Bertz CT molecular complexity index is 784. The number of rotatable bonds is 6. The zero-order chi connectivity index (χ0) is 19.5. The average Bonchev–Trinajstić information content (AvgIpc) is 2.53. The molecule has 0 aliphatic carbocycles. The van der Waals surface area contributed by atoms with E-state index in [2.05, 4.69) is 15.0 Å². The van der Waals surface area contributed by atoms with Crippen LogP contribution in [0.5, 0.6) is 5.75 Å². The molecule has 1 aromatic carbocycles. The molecule has 0 aliphatic heterocycles. The smallest absolute Gasteiger partial charge is 0.406 e. The van der Waals surface area contributed by atoms with Gasteiger partial charge in [-0.25, -0.2) is 4.98 Å². The first-order valence-electron chi connectivity index (χ1n) is 7.64. The lowest BCUT2D eigenvalue weighted by atomic mass is 9.91. The number of alkyl halides is 3. The molecule has 0 saturated carbocycles. The van der Waals surface area contributed by atoms with Crippen LogP contribution in [0.25, 0.3) is 0 Å². The molecule has 0 bridgehead atoms. The summed E-state index contributed by atoms with van der Waals surface area (Å²) in [5.74, 6) is -0.0826. The van der Waals surface area contributed by atoms with Gasteiger partial charge in [0.1, 0.15) is 11.6 Å². The summed E-state index contributed by atoms with van der Waals surface area (Å²) in [4.78, 5) is 4.17. The number of hydrogen-bond donors (Lipinski definition) is 4. The van der Waals surface area contributed by atoms with Gasteiger partial charge in [0.2, 0.25) is 0 Å². The summed E-state index contributed by atoms with van der Waals surface area (Å²) >= 11 is 0. The SMILES string of the molecule is CC(C)(O)c1ccnc(Nc2ccc(OC(F)(F)F)cc2)c1C(=N)CN. The molecule has 0 amide bonds. The van der Waals surface area contributed by atoms with Crippen LogP contribution in [0, 0.1) is 5.41 Å². The van der Waals surface area contributed by atoms with Crippen molar-refractivity contribution in [3.63, 3.8) is 0 Å². The van der Waals surface area contributed by atoms with Crippen molar-refractivity contribution in [2.24, 2.45) is 5.73 Å². The molecule has 2 aromatic rings. The minimum Gasteiger partial charge on any atom is -0.406 e. The van der Waals surface area contributed by atoms with Crippen molar-refractivity contribution in [3.8, 4) is 5.75 Å². The Morgan fingerprint density at radius 3 is 2.35 bits per heavy atom. The van der Waals surface area contributed by atoms with Gasteiger partial charge >= 0.3 is 6.36 Å². The maximum Gasteiger partial charge on any atom is 0.573 e. The number of aromatic nitrogens is 1. The molecule has 5 N–H and O–H groups in total. The van der Waals surface area contributed by atoms with E-state index in [1.165, 1.54) is 18.3 Å². The third-order valence-electron chi connectivity index (χ3n) is 3.47. The van der Waals surface area contributed by atoms with Crippen LogP contribution < -0.4 is 15.8 Å². The van der Waals surface area contributed by atoms with Crippen LogP contribution >= 0.6 is 0 Å². The molecule has 0 fully saturated rings. The number of halogens is 3. The Hall–Kier alpha value is -2.65. The van der Waals surface area contributed by atoms with Gasteiger partial charge in [0.25, 0.3) is 0 Å². The van der Waals surface area contributed by atoms with Gasteiger partial charge in [-0.3, -0.25) is 0 Å². The normalized spacial score (nSPS) is 12.0. The molecule has 0 radical (unpaired) electrons. The molecular weight excluding hydrogens is 349 g/mol. The zero-order valence-corrected chi connectivity index (χ0v) is 14.2. The molecule has 140 valence electrons. The van der Waals surface area contributed by atoms with Crippen LogP contribution in [-0.2, 0) is 5.60 Å². The Morgan fingerprint density at radius 1 is 1.23 bits per heavy atom. The Kier molecular flexibility index (Phi) is 5.53. The summed E-state index contributed by atoms with van der Waals surface area (Å²) in [6.07, 6.45) is -3.30. The lowest BCUT2D eigenvalue weighted by molar-refractivity contribution is -0.274. The lowest BCUT2D eigenvalue weighted by Gasteiger charge is -2.23. The van der Waals surface area contributed by atoms with E-state index in [1.54, 1.807) is 19.9 Å². The standard InChI is InChI=1S/C17H19F3N4O2/c1-16(2,25)12-7-8-23-15(14(12)13(22)9-21)24-10-3-5-11(6-4-10)26-17(18,19)20/h3-8,22,25H,9,21H2,1-2H3,(H,23,24). The van der Waals surface area contributed by atoms with Gasteiger partial charge in [-0.05, 0) is 49.7 Å². The number of ether oxygens (including phenoxy) is 1. The molecule has 1 heterocycles. The van der Waals surface area contributed by atoms with Gasteiger partial charge in [-0.15, -0.1) is 13.2 Å². The topological polar surface area (TPSA) is 104 Å². The van der Waals surface area contributed by atoms with Crippen LogP contribution in [0.4, 0.5) is 24.7 Å². The van der Waals surface area contributed by atoms with Crippen LogP contribution in [0.2, 0.25) is 0 Å². The number of anilines is 2. The third kappa shape index (κ3) is 4.93. The van der Waals surface area contributed by atoms with E-state index in [-0.39, 0.29) is 23.8 Å². The van der Waals surface area contributed by atoms with Crippen molar-refractivity contribution in [2.45, 2.75) is 25.8 Å². The summed E-state index contributed by atoms with van der Waals surface area (Å²) in [6.45, 7) is 3.08. The summed E-state index contributed by atoms with van der Waals surface area (Å²) < 4.78 is 40.5. The highest BCUT2D eigenvalue weighted by molar-refractivity contribution is 6.05. The fourth-order valence-corrected chi connectivity index (χ4v) is 2.35. The van der Waals surface area contributed by atoms with Crippen molar-refractivity contribution in [3.05, 3.63) is 47.7 Å². The maximum absolute atomic E-state index is 12.2. The predicted molar refractivity (Wildman–Crippen MR) is 91.8 cm³/mol. The van der Waals surface area contributed by atoms with Crippen LogP contribution in [0.1, 0.15) is 25.0 Å². The second kappa shape index (κ2) is 7.30. The van der Waals surface area contributed by atoms with Crippen molar-refractivity contribution in [2.75, 3.05) is 11.9 Å². The molecule has 0 saturated heterocycles. The minimum atomic E-state index is -4.76. The maximum atomic E-state index is 12.2. The molecule has 2 rings (SSSR count). The predicted octanol–water partition coefficient (Wildman–Crippen LogP) is 3.28. The molecule has 6 nitrogen and oxygen atoms in total. The Morgan fingerprint density at radius 2 is 1.85 bits per heavy atom. The van der Waals surface area contributed by atoms with Crippen molar-refractivity contribution in [1.82, 2.24) is 4.98 Å². The second-order valence-corrected chi connectivity index (χ2v) is 6.02. The second-order valence-electron chi connectivity index (χ2n) is 6.02. The zero-order valence-electron chi connectivity index (χ0n) is 14.2. The van der Waals surface area contributed by atoms with E-state index in [9.17, 15) is 18.3 Å². The highest BCUT2D eigenvalue weighted by Gasteiger charge is 2.31. The summed E-state index contributed by atoms with van der Waals surface area (Å²) in [6, 6.07) is 6.67. The average molecular weight is 368 g/mol. The number of benzene rings is 1. The van der Waals surface area contributed by atoms with Gasteiger partial charge < -0.3 is 26.3 Å². The highest BCUT2D eigenvalue weighted by Crippen LogP contribution is 2.30. The Balaban J connectivity index is 2.36. The van der Waals surface area contributed by atoms with Gasteiger partial charge in [-0.2, -0.15) is 0 Å². The lowest BCUT2D eigenvalue weighted by Crippen LogP contribution is -2.25. The summed E-state index contributed by atoms with van der Waals surface area (Å²) in [5, 5.41) is 21.3. The van der Waals surface area contributed by atoms with Crippen molar-refractivity contribution in [1.29, 1.82) is 5.41 Å². The van der Waals surface area contributed by atoms with E-state index in [0.29, 0.717) is 16.8 Å². The largest absolute Gasteiger partial charge is 0.573 e. The quantitative estimate of drug-likeness (QED) is 0.586. The Labute approximate surface area is 148 Å². The molecule has 0 aliphatic rings. The van der Waals surface area contributed by atoms with E-state index in [1.807, 2.05) is 0 Å². The molecule has 1 aromatic heterocycles. The summed E-state index contributed by atoms with van der Waals surface area (Å²) in [7, 11) is 0.